The van der Waals surface area contributed by atoms with Crippen LogP contribution in [0.15, 0.2) is 58.8 Å². The molecule has 0 radical (unpaired) electrons. The van der Waals surface area contributed by atoms with E-state index in [1.807, 2.05) is 0 Å². The van der Waals surface area contributed by atoms with Crippen molar-refractivity contribution in [3.8, 4) is 12.1 Å². The Bertz CT molecular complexity index is 1510. The highest BCUT2D eigenvalue weighted by Crippen LogP contribution is 2.24. The van der Waals surface area contributed by atoms with Crippen molar-refractivity contribution in [3.05, 3.63) is 70.8 Å². The minimum absolute atomic E-state index is 0.00868. The monoisotopic (exact) mass is 692 g/mol. The maximum Gasteiger partial charge on any atom is 0.373 e. The van der Waals surface area contributed by atoms with Gasteiger partial charge in [0.05, 0.1) is 47.6 Å². The van der Waals surface area contributed by atoms with Crippen LogP contribution in [0.4, 0.5) is 0 Å². The number of ether oxygens (including phenoxy) is 2. The number of hydrogen-bond acceptors (Lipinski definition) is 14. The van der Waals surface area contributed by atoms with Crippen LogP contribution in [0.5, 0.6) is 0 Å². The van der Waals surface area contributed by atoms with Gasteiger partial charge >= 0.3 is 23.9 Å². The number of hydrogen-bond donors (Lipinski definition) is 0. The number of nitrogens with zero attached hydrogens (tertiary/aromatic N) is 4. The molecule has 2 rings (SSSR count). The van der Waals surface area contributed by atoms with Crippen molar-refractivity contribution in [1.82, 2.24) is 0 Å². The van der Waals surface area contributed by atoms with E-state index in [-0.39, 0.29) is 61.2 Å². The molecule has 2 unspecified atom stereocenters. The number of carbonyl (C=O) groups excluding carboxylic acids is 4. The lowest BCUT2D eigenvalue weighted by Gasteiger charge is -2.20. The summed E-state index contributed by atoms with van der Waals surface area (Å²) in [4.78, 5) is 70.2. The molecule has 0 spiro atoms. The standard InChI is InChI=1S/C36H44N4O10/c1-33(2,3)49-47-31(43)27-17-11-9-15-25(27)29(41)45-21-13-19-35(7,23-37)39-40-36(8,24-38)20-14-22-46-30(42)26-16-10-12-18-28(26)32(44)48-50-34(4,5)6/h9-12,15-18H,13-14,19-22H2,1-8H3. The summed E-state index contributed by atoms with van der Waals surface area (Å²) >= 11 is 0. The number of carbonyl (C=O) groups is 4. The van der Waals surface area contributed by atoms with Gasteiger partial charge in [0.25, 0.3) is 0 Å². The van der Waals surface area contributed by atoms with E-state index in [4.69, 9.17) is 29.0 Å². The molecule has 0 amide bonds. The Morgan fingerprint density at radius 1 is 0.560 bits per heavy atom. The Morgan fingerprint density at radius 3 is 1.14 bits per heavy atom. The van der Waals surface area contributed by atoms with Crippen LogP contribution in [-0.4, -0.2) is 59.4 Å². The molecule has 0 bridgehead atoms. The zero-order valence-corrected chi connectivity index (χ0v) is 29.7. The molecule has 0 aliphatic rings. The number of nitriles is 2. The summed E-state index contributed by atoms with van der Waals surface area (Å²) < 4.78 is 10.7. The molecule has 268 valence electrons. The molecule has 14 nitrogen and oxygen atoms in total. The van der Waals surface area contributed by atoms with E-state index in [0.717, 1.165) is 0 Å². The van der Waals surface area contributed by atoms with Crippen LogP contribution in [-0.2, 0) is 29.0 Å². The number of esters is 2. The smallest absolute Gasteiger partial charge is 0.373 e. The van der Waals surface area contributed by atoms with E-state index < -0.39 is 46.2 Å². The minimum Gasteiger partial charge on any atom is -0.462 e. The van der Waals surface area contributed by atoms with Crippen LogP contribution in [0.3, 0.4) is 0 Å². The quantitative estimate of drug-likeness (QED) is 0.0572. The molecule has 0 heterocycles. The number of rotatable bonds is 16. The van der Waals surface area contributed by atoms with Gasteiger partial charge < -0.3 is 9.47 Å². The first-order valence-electron chi connectivity index (χ1n) is 15.9. The summed E-state index contributed by atoms with van der Waals surface area (Å²) in [7, 11) is 0. The van der Waals surface area contributed by atoms with Gasteiger partial charge in [-0.2, -0.15) is 30.5 Å². The molecule has 0 fully saturated rings. The van der Waals surface area contributed by atoms with Gasteiger partial charge in [-0.15, -0.1) is 0 Å². The molecule has 0 aliphatic carbocycles. The highest BCUT2D eigenvalue weighted by atomic mass is 17.2. The second kappa shape index (κ2) is 18.0. The van der Waals surface area contributed by atoms with Crippen molar-refractivity contribution in [2.24, 2.45) is 10.2 Å². The summed E-state index contributed by atoms with van der Waals surface area (Å²) in [5.41, 5.74) is -4.23. The Morgan fingerprint density at radius 2 is 0.860 bits per heavy atom. The van der Waals surface area contributed by atoms with Gasteiger partial charge in [0.15, 0.2) is 11.1 Å². The normalized spacial score (nSPS) is 14.0. The molecule has 0 saturated carbocycles. The average molecular weight is 693 g/mol. The SMILES string of the molecule is CC(C#N)(CCCOC(=O)c1ccccc1C(=O)OOC(C)(C)C)N=NC(C)(C#N)CCCOC(=O)c1ccccc1C(=O)OOC(C)(C)C. The van der Waals surface area contributed by atoms with Crippen LogP contribution in [0, 0.1) is 22.7 Å². The Balaban J connectivity index is 1.91. The molecule has 50 heavy (non-hydrogen) atoms. The Kier molecular flexibility index (Phi) is 14.8. The number of benzene rings is 2. The average Bonchev–Trinajstić information content (AvgIpc) is 3.08. The van der Waals surface area contributed by atoms with Gasteiger partial charge in [-0.3, -0.25) is 9.78 Å². The van der Waals surface area contributed by atoms with E-state index in [2.05, 4.69) is 22.4 Å². The van der Waals surface area contributed by atoms with Crippen molar-refractivity contribution in [2.45, 2.75) is 103 Å². The maximum absolute atomic E-state index is 12.7. The van der Waals surface area contributed by atoms with Crippen LogP contribution in [0.2, 0.25) is 0 Å². The van der Waals surface area contributed by atoms with Gasteiger partial charge in [-0.1, -0.05) is 24.3 Å². The van der Waals surface area contributed by atoms with Crippen molar-refractivity contribution < 1.29 is 48.2 Å². The third-order valence-corrected chi connectivity index (χ3v) is 6.52. The van der Waals surface area contributed by atoms with Gasteiger partial charge in [-0.25, -0.2) is 19.2 Å². The topological polar surface area (TPSA) is 196 Å². The zero-order chi connectivity index (χ0) is 37.6. The summed E-state index contributed by atoms with van der Waals surface area (Å²) in [5, 5.41) is 27.9. The lowest BCUT2D eigenvalue weighted by molar-refractivity contribution is -0.301. The van der Waals surface area contributed by atoms with Gasteiger partial charge in [0, 0.05) is 0 Å². The van der Waals surface area contributed by atoms with Gasteiger partial charge in [0.1, 0.15) is 11.2 Å². The lowest BCUT2D eigenvalue weighted by Crippen LogP contribution is -2.25. The Hall–Kier alpha value is -5.18. The zero-order valence-electron chi connectivity index (χ0n) is 29.7. The van der Waals surface area contributed by atoms with Crippen molar-refractivity contribution in [1.29, 1.82) is 10.5 Å². The van der Waals surface area contributed by atoms with Crippen LogP contribution < -0.4 is 0 Å². The van der Waals surface area contributed by atoms with Crippen LogP contribution in [0.1, 0.15) is 123 Å². The first-order chi connectivity index (χ1) is 23.3. The van der Waals surface area contributed by atoms with E-state index in [9.17, 15) is 29.7 Å². The van der Waals surface area contributed by atoms with E-state index in [1.165, 1.54) is 38.1 Å². The second-order valence-corrected chi connectivity index (χ2v) is 13.7. The minimum atomic E-state index is -1.34. The third kappa shape index (κ3) is 13.7. The molecule has 0 N–H and O–H groups in total. The molecule has 0 saturated heterocycles. The highest BCUT2D eigenvalue weighted by Gasteiger charge is 2.29. The molecule has 0 aromatic heterocycles. The molecule has 2 aromatic carbocycles. The lowest BCUT2D eigenvalue weighted by atomic mass is 9.98. The predicted molar refractivity (Wildman–Crippen MR) is 177 cm³/mol. The molecule has 2 atom stereocenters. The highest BCUT2D eigenvalue weighted by molar-refractivity contribution is 6.03. The molecular weight excluding hydrogens is 648 g/mol. The number of azo groups is 1. The van der Waals surface area contributed by atoms with E-state index >= 15 is 0 Å². The summed E-state index contributed by atoms with van der Waals surface area (Å²) in [6, 6.07) is 16.1. The fraction of sp³-hybridized carbons (Fsp3) is 0.500. The van der Waals surface area contributed by atoms with Gasteiger partial charge in [-0.05, 0) is 105 Å². The largest absolute Gasteiger partial charge is 0.462 e. The fourth-order valence-electron chi connectivity index (χ4n) is 3.89. The Labute approximate surface area is 292 Å². The van der Waals surface area contributed by atoms with Gasteiger partial charge in [0.2, 0.25) is 0 Å². The van der Waals surface area contributed by atoms with E-state index in [1.54, 1.807) is 65.8 Å². The van der Waals surface area contributed by atoms with Crippen molar-refractivity contribution in [3.63, 3.8) is 0 Å². The maximum atomic E-state index is 12.7. The van der Waals surface area contributed by atoms with Crippen molar-refractivity contribution in [2.75, 3.05) is 13.2 Å². The summed E-state index contributed by atoms with van der Waals surface area (Å²) in [6.07, 6.45) is 0.743. The third-order valence-electron chi connectivity index (χ3n) is 6.52. The molecular formula is C36H44N4O10. The molecule has 2 aromatic rings. The van der Waals surface area contributed by atoms with Crippen LogP contribution in [0.25, 0.3) is 0 Å². The fourth-order valence-corrected chi connectivity index (χ4v) is 3.89. The predicted octanol–water partition coefficient (Wildman–Crippen LogP) is 7.05. The second-order valence-electron chi connectivity index (χ2n) is 13.7. The summed E-state index contributed by atoms with van der Waals surface area (Å²) in [6.45, 7) is 13.1. The van der Waals surface area contributed by atoms with Crippen molar-refractivity contribution >= 4 is 23.9 Å². The molecule has 14 heteroatoms. The van der Waals surface area contributed by atoms with Crippen LogP contribution >= 0.6 is 0 Å². The first-order valence-corrected chi connectivity index (χ1v) is 15.9. The first kappa shape index (κ1) is 41.0. The summed E-state index contributed by atoms with van der Waals surface area (Å²) in [5.74, 6) is -3.22. The molecule has 0 aliphatic heterocycles. The van der Waals surface area contributed by atoms with E-state index in [0.29, 0.717) is 0 Å².